The average molecular weight is 200 g/mol. The van der Waals surface area contributed by atoms with Crippen LogP contribution < -0.4 is 5.32 Å². The Balaban J connectivity index is 1.95. The maximum Gasteiger partial charge on any atom is 0.182 e. The van der Waals surface area contributed by atoms with Gasteiger partial charge in [0, 0.05) is 23.4 Å². The lowest BCUT2D eigenvalue weighted by atomic mass is 10.1. The summed E-state index contributed by atoms with van der Waals surface area (Å²) in [4.78, 5) is 4.21. The number of nitrogens with one attached hydrogen (secondary N) is 1. The van der Waals surface area contributed by atoms with Crippen LogP contribution in [0, 0.1) is 5.92 Å². The second-order valence-corrected chi connectivity index (χ2v) is 5.07. The van der Waals surface area contributed by atoms with E-state index < -0.39 is 0 Å². The van der Waals surface area contributed by atoms with Crippen LogP contribution in [0.1, 0.15) is 6.92 Å². The van der Waals surface area contributed by atoms with E-state index in [9.17, 15) is 0 Å². The molecule has 4 heteroatoms. The van der Waals surface area contributed by atoms with Gasteiger partial charge in [0.15, 0.2) is 5.13 Å². The molecule has 2 nitrogen and oxygen atoms in total. The molecular formula is C8H12N2S2. The van der Waals surface area contributed by atoms with Crippen molar-refractivity contribution >= 4 is 28.2 Å². The molecule has 0 amide bonds. The number of thioether (sulfide) groups is 1. The molecule has 2 atom stereocenters. The van der Waals surface area contributed by atoms with E-state index in [0.29, 0.717) is 6.04 Å². The molecule has 0 saturated carbocycles. The zero-order chi connectivity index (χ0) is 8.39. The second-order valence-electron chi connectivity index (χ2n) is 3.10. The van der Waals surface area contributed by atoms with Gasteiger partial charge < -0.3 is 5.32 Å². The third-order valence-corrected chi connectivity index (χ3v) is 4.17. The normalized spacial score (nSPS) is 29.1. The van der Waals surface area contributed by atoms with Crippen LogP contribution in [0.4, 0.5) is 5.13 Å². The smallest absolute Gasteiger partial charge is 0.182 e. The number of nitrogens with zero attached hydrogens (tertiary/aromatic N) is 1. The van der Waals surface area contributed by atoms with Gasteiger partial charge in [-0.1, -0.05) is 6.92 Å². The van der Waals surface area contributed by atoms with Gasteiger partial charge in [-0.25, -0.2) is 4.98 Å². The summed E-state index contributed by atoms with van der Waals surface area (Å²) in [6.45, 7) is 2.30. The molecule has 1 saturated heterocycles. The van der Waals surface area contributed by atoms with E-state index in [1.54, 1.807) is 11.3 Å². The highest BCUT2D eigenvalue weighted by atomic mass is 32.2. The van der Waals surface area contributed by atoms with E-state index in [1.807, 2.05) is 23.3 Å². The lowest BCUT2D eigenvalue weighted by molar-refractivity contribution is 0.599. The predicted molar refractivity (Wildman–Crippen MR) is 56.0 cm³/mol. The molecule has 66 valence electrons. The van der Waals surface area contributed by atoms with Crippen LogP contribution in [0.2, 0.25) is 0 Å². The lowest BCUT2D eigenvalue weighted by Gasteiger charge is -2.14. The minimum atomic E-state index is 0.626. The monoisotopic (exact) mass is 200 g/mol. The Bertz CT molecular complexity index is 235. The van der Waals surface area contributed by atoms with Crippen molar-refractivity contribution in [1.29, 1.82) is 0 Å². The topological polar surface area (TPSA) is 24.9 Å². The van der Waals surface area contributed by atoms with E-state index in [1.165, 1.54) is 11.5 Å². The number of rotatable bonds is 2. The van der Waals surface area contributed by atoms with Crippen LogP contribution in [-0.4, -0.2) is 22.5 Å². The highest BCUT2D eigenvalue weighted by molar-refractivity contribution is 7.99. The Morgan fingerprint density at radius 3 is 3.08 bits per heavy atom. The lowest BCUT2D eigenvalue weighted by Crippen LogP contribution is -2.25. The third-order valence-electron chi connectivity index (χ3n) is 2.11. The van der Waals surface area contributed by atoms with Gasteiger partial charge in [-0.2, -0.15) is 11.8 Å². The summed E-state index contributed by atoms with van der Waals surface area (Å²) in [5.74, 6) is 3.28. The Hall–Kier alpha value is -0.220. The van der Waals surface area contributed by atoms with Crippen LogP contribution in [0.3, 0.4) is 0 Å². The standard InChI is InChI=1S/C8H12N2S2/c1-6-4-11-5-7(6)10-8-9-2-3-12-8/h2-3,6-7H,4-5H2,1H3,(H,9,10). The largest absolute Gasteiger partial charge is 0.358 e. The van der Waals surface area contributed by atoms with Crippen molar-refractivity contribution in [2.45, 2.75) is 13.0 Å². The molecule has 1 fully saturated rings. The van der Waals surface area contributed by atoms with Crippen LogP contribution in [0.15, 0.2) is 11.6 Å². The van der Waals surface area contributed by atoms with Crippen LogP contribution in [0.5, 0.6) is 0 Å². The first kappa shape index (κ1) is 8.38. The molecule has 1 aliphatic heterocycles. The number of thiazole rings is 1. The molecule has 12 heavy (non-hydrogen) atoms. The van der Waals surface area contributed by atoms with Crippen molar-refractivity contribution in [2.24, 2.45) is 5.92 Å². The van der Waals surface area contributed by atoms with Gasteiger partial charge in [-0.05, 0) is 11.7 Å². The van der Waals surface area contributed by atoms with Gasteiger partial charge in [0.25, 0.3) is 0 Å². The minimum Gasteiger partial charge on any atom is -0.358 e. The summed E-state index contributed by atoms with van der Waals surface area (Å²) in [5.41, 5.74) is 0. The fourth-order valence-electron chi connectivity index (χ4n) is 1.30. The first-order valence-electron chi connectivity index (χ1n) is 4.10. The SMILES string of the molecule is CC1CSCC1Nc1nccs1. The predicted octanol–water partition coefficient (Wildman–Crippen LogP) is 2.31. The zero-order valence-electron chi connectivity index (χ0n) is 6.99. The first-order valence-corrected chi connectivity index (χ1v) is 6.13. The average Bonchev–Trinajstić information content (AvgIpc) is 2.65. The summed E-state index contributed by atoms with van der Waals surface area (Å²) in [6, 6.07) is 0.626. The maximum atomic E-state index is 4.21. The number of hydrogen-bond donors (Lipinski definition) is 1. The number of aromatic nitrogens is 1. The van der Waals surface area contributed by atoms with Crippen molar-refractivity contribution < 1.29 is 0 Å². The highest BCUT2D eigenvalue weighted by Crippen LogP contribution is 2.26. The van der Waals surface area contributed by atoms with Crippen molar-refractivity contribution in [1.82, 2.24) is 4.98 Å². The van der Waals surface area contributed by atoms with E-state index in [2.05, 4.69) is 17.2 Å². The van der Waals surface area contributed by atoms with Gasteiger partial charge in [0.1, 0.15) is 0 Å². The molecule has 1 N–H and O–H groups in total. The molecule has 1 aliphatic rings. The van der Waals surface area contributed by atoms with E-state index >= 15 is 0 Å². The molecule has 0 aliphatic carbocycles. The number of hydrogen-bond acceptors (Lipinski definition) is 4. The molecule has 2 rings (SSSR count). The van der Waals surface area contributed by atoms with Crippen molar-refractivity contribution in [3.05, 3.63) is 11.6 Å². The van der Waals surface area contributed by atoms with Crippen LogP contribution >= 0.6 is 23.1 Å². The van der Waals surface area contributed by atoms with E-state index in [0.717, 1.165) is 11.0 Å². The zero-order valence-corrected chi connectivity index (χ0v) is 8.62. The summed E-state index contributed by atoms with van der Waals surface area (Å²) in [6.07, 6.45) is 1.85. The van der Waals surface area contributed by atoms with Crippen LogP contribution in [0.25, 0.3) is 0 Å². The molecule has 2 unspecified atom stereocenters. The minimum absolute atomic E-state index is 0.626. The molecule has 1 aromatic rings. The van der Waals surface area contributed by atoms with Gasteiger partial charge in [0.05, 0.1) is 0 Å². The molecular weight excluding hydrogens is 188 g/mol. The van der Waals surface area contributed by atoms with Crippen molar-refractivity contribution in [2.75, 3.05) is 16.8 Å². The Morgan fingerprint density at radius 1 is 1.58 bits per heavy atom. The number of anilines is 1. The molecule has 0 radical (unpaired) electrons. The summed E-state index contributed by atoms with van der Waals surface area (Å²) < 4.78 is 0. The maximum absolute atomic E-state index is 4.21. The molecule has 0 bridgehead atoms. The molecule has 0 aromatic carbocycles. The molecule has 0 spiro atoms. The highest BCUT2D eigenvalue weighted by Gasteiger charge is 2.23. The van der Waals surface area contributed by atoms with Crippen molar-refractivity contribution in [3.8, 4) is 0 Å². The Morgan fingerprint density at radius 2 is 2.50 bits per heavy atom. The quantitative estimate of drug-likeness (QED) is 0.793. The van der Waals surface area contributed by atoms with Gasteiger partial charge in [-0.3, -0.25) is 0 Å². The molecule has 1 aromatic heterocycles. The molecule has 2 heterocycles. The summed E-state index contributed by atoms with van der Waals surface area (Å²) in [7, 11) is 0. The van der Waals surface area contributed by atoms with Crippen molar-refractivity contribution in [3.63, 3.8) is 0 Å². The van der Waals surface area contributed by atoms with Gasteiger partial charge >= 0.3 is 0 Å². The van der Waals surface area contributed by atoms with E-state index in [-0.39, 0.29) is 0 Å². The Kier molecular flexibility index (Phi) is 2.56. The van der Waals surface area contributed by atoms with Gasteiger partial charge in [-0.15, -0.1) is 11.3 Å². The second kappa shape index (κ2) is 3.66. The van der Waals surface area contributed by atoms with Crippen LogP contribution in [-0.2, 0) is 0 Å². The summed E-state index contributed by atoms with van der Waals surface area (Å²) in [5, 5.41) is 6.53. The summed E-state index contributed by atoms with van der Waals surface area (Å²) >= 11 is 3.71. The van der Waals surface area contributed by atoms with E-state index in [4.69, 9.17) is 0 Å². The first-order chi connectivity index (χ1) is 5.86. The fourth-order valence-corrected chi connectivity index (χ4v) is 3.30. The van der Waals surface area contributed by atoms with Gasteiger partial charge in [0.2, 0.25) is 0 Å². The fraction of sp³-hybridized carbons (Fsp3) is 0.625. The Labute approximate surface area is 80.8 Å². The third kappa shape index (κ3) is 1.75.